The number of aromatic nitrogens is 6. The van der Waals surface area contributed by atoms with E-state index in [-0.39, 0.29) is 23.6 Å². The minimum absolute atomic E-state index is 0.130. The molecule has 0 saturated carbocycles. The van der Waals surface area contributed by atoms with Gasteiger partial charge in [-0.1, -0.05) is 12.1 Å². The molecule has 1 aromatic carbocycles. The Kier molecular flexibility index (Phi) is 4.72. The van der Waals surface area contributed by atoms with Crippen molar-refractivity contribution in [2.45, 2.75) is 39.2 Å². The molecule has 1 fully saturated rings. The summed E-state index contributed by atoms with van der Waals surface area (Å²) in [5.41, 5.74) is 3.13. The number of amides is 1. The van der Waals surface area contributed by atoms with Gasteiger partial charge in [0.05, 0.1) is 17.9 Å². The van der Waals surface area contributed by atoms with Crippen LogP contribution in [0.25, 0.3) is 17.0 Å². The van der Waals surface area contributed by atoms with Crippen LogP contribution in [0.5, 0.6) is 0 Å². The first kappa shape index (κ1) is 19.3. The maximum absolute atomic E-state index is 13.6. The van der Waals surface area contributed by atoms with Crippen molar-refractivity contribution in [1.82, 2.24) is 34.4 Å². The number of nitrogens with one attached hydrogen (secondary N) is 1. The number of benzene rings is 1. The Bertz CT molecular complexity index is 1280. The van der Waals surface area contributed by atoms with Crippen molar-refractivity contribution in [1.29, 1.82) is 0 Å². The minimum atomic E-state index is -0.305. The number of H-pyrrole nitrogens is 1. The van der Waals surface area contributed by atoms with Crippen LogP contribution in [0.3, 0.4) is 0 Å². The topological polar surface area (TPSA) is 92.1 Å². The highest BCUT2D eigenvalue weighted by Gasteiger charge is 2.33. The van der Waals surface area contributed by atoms with Gasteiger partial charge in [-0.15, -0.1) is 5.10 Å². The van der Waals surface area contributed by atoms with Crippen LogP contribution in [0.15, 0.2) is 36.5 Å². The number of nitrogens with zero attached hydrogens (tertiary/aromatic N) is 6. The van der Waals surface area contributed by atoms with Gasteiger partial charge in [-0.25, -0.2) is 18.9 Å². The molecule has 1 atom stereocenters. The van der Waals surface area contributed by atoms with Crippen LogP contribution in [0.1, 0.15) is 53.1 Å². The van der Waals surface area contributed by atoms with Crippen LogP contribution in [0, 0.1) is 19.7 Å². The molecule has 0 bridgehead atoms. The first-order valence-corrected chi connectivity index (χ1v) is 10.3. The van der Waals surface area contributed by atoms with E-state index in [1.807, 2.05) is 26.0 Å². The lowest BCUT2D eigenvalue weighted by Crippen LogP contribution is -2.39. The molecular weight excluding hydrogens is 397 g/mol. The lowest BCUT2D eigenvalue weighted by Gasteiger charge is -2.33. The fourth-order valence-corrected chi connectivity index (χ4v) is 4.15. The molecule has 8 nitrogen and oxygen atoms in total. The van der Waals surface area contributed by atoms with Crippen LogP contribution < -0.4 is 0 Å². The van der Waals surface area contributed by atoms with Crippen molar-refractivity contribution in [2.75, 3.05) is 6.54 Å². The van der Waals surface area contributed by atoms with Crippen LogP contribution in [-0.2, 0) is 0 Å². The summed E-state index contributed by atoms with van der Waals surface area (Å²) < 4.78 is 15.2. The van der Waals surface area contributed by atoms with Crippen LogP contribution >= 0.6 is 0 Å². The normalized spacial score (nSPS) is 16.7. The van der Waals surface area contributed by atoms with Crippen LogP contribution in [-0.4, -0.2) is 46.9 Å². The molecule has 1 saturated heterocycles. The Labute approximate surface area is 178 Å². The number of rotatable bonds is 3. The quantitative estimate of drug-likeness (QED) is 0.547. The van der Waals surface area contributed by atoms with Gasteiger partial charge in [0.25, 0.3) is 11.7 Å². The van der Waals surface area contributed by atoms with E-state index >= 15 is 0 Å². The number of carbonyl (C=O) groups is 1. The van der Waals surface area contributed by atoms with E-state index < -0.39 is 0 Å². The zero-order valence-corrected chi connectivity index (χ0v) is 17.3. The van der Waals surface area contributed by atoms with Gasteiger partial charge in [0.2, 0.25) is 5.82 Å². The number of hydrogen-bond acceptors (Lipinski definition) is 5. The number of likely N-dealkylation sites (tertiary alicyclic amines) is 1. The van der Waals surface area contributed by atoms with Crippen LogP contribution in [0.4, 0.5) is 4.39 Å². The molecule has 158 valence electrons. The third-order valence-electron chi connectivity index (χ3n) is 5.62. The zero-order chi connectivity index (χ0) is 21.5. The highest BCUT2D eigenvalue weighted by atomic mass is 19.1. The molecule has 0 radical (unpaired) electrons. The highest BCUT2D eigenvalue weighted by Crippen LogP contribution is 2.31. The third kappa shape index (κ3) is 3.56. The fraction of sp³-hybridized carbons (Fsp3) is 0.318. The second-order valence-corrected chi connectivity index (χ2v) is 7.89. The van der Waals surface area contributed by atoms with E-state index in [2.05, 4.69) is 25.0 Å². The molecule has 4 aromatic rings. The fourth-order valence-electron chi connectivity index (χ4n) is 4.15. The summed E-state index contributed by atoms with van der Waals surface area (Å²) in [6, 6.07) is 8.03. The summed E-state index contributed by atoms with van der Waals surface area (Å²) in [6.07, 6.45) is 4.36. The smallest absolute Gasteiger partial charge is 0.294 e. The van der Waals surface area contributed by atoms with Gasteiger partial charge >= 0.3 is 0 Å². The number of carbonyl (C=O) groups excluding carboxylic acids is 1. The van der Waals surface area contributed by atoms with E-state index in [1.165, 1.54) is 12.1 Å². The maximum atomic E-state index is 13.6. The minimum Gasteiger partial charge on any atom is -0.340 e. The molecule has 4 heterocycles. The number of imidazole rings is 1. The second-order valence-electron chi connectivity index (χ2n) is 7.89. The third-order valence-corrected chi connectivity index (χ3v) is 5.62. The van der Waals surface area contributed by atoms with Crippen molar-refractivity contribution in [3.63, 3.8) is 0 Å². The molecule has 0 aliphatic carbocycles. The van der Waals surface area contributed by atoms with Crippen molar-refractivity contribution in [2.24, 2.45) is 0 Å². The van der Waals surface area contributed by atoms with E-state index in [4.69, 9.17) is 0 Å². The summed E-state index contributed by atoms with van der Waals surface area (Å²) >= 11 is 0. The summed E-state index contributed by atoms with van der Waals surface area (Å²) in [5, 5.41) is 4.40. The second kappa shape index (κ2) is 7.57. The number of aryl methyl sites for hydroxylation is 2. The average Bonchev–Trinajstić information content (AvgIpc) is 3.41. The molecule has 31 heavy (non-hydrogen) atoms. The van der Waals surface area contributed by atoms with Gasteiger partial charge in [0, 0.05) is 23.5 Å². The van der Waals surface area contributed by atoms with Crippen molar-refractivity contribution < 1.29 is 9.18 Å². The summed E-state index contributed by atoms with van der Waals surface area (Å²) in [5.74, 6) is 0.683. The molecular formula is C22H22FN7O. The molecule has 1 aliphatic heterocycles. The number of fused-ring (bicyclic) bond motifs is 1. The average molecular weight is 419 g/mol. The number of halogens is 1. The molecule has 1 amide bonds. The van der Waals surface area contributed by atoms with Gasteiger partial charge in [0.1, 0.15) is 11.6 Å². The van der Waals surface area contributed by atoms with E-state index in [9.17, 15) is 9.18 Å². The van der Waals surface area contributed by atoms with Gasteiger partial charge in [-0.05, 0) is 51.3 Å². The predicted molar refractivity (Wildman–Crippen MR) is 112 cm³/mol. The molecule has 1 unspecified atom stereocenters. The summed E-state index contributed by atoms with van der Waals surface area (Å²) in [4.78, 5) is 31.7. The SMILES string of the molecule is Cc1cc(C)n2nc(C(=O)N3CCCCC3c3ncc(-c4cccc(F)c4)[nH]3)nc2n1. The molecule has 0 spiro atoms. The molecule has 3 aromatic heterocycles. The van der Waals surface area contributed by atoms with Gasteiger partial charge < -0.3 is 9.88 Å². The van der Waals surface area contributed by atoms with Crippen molar-refractivity contribution in [3.8, 4) is 11.3 Å². The lowest BCUT2D eigenvalue weighted by atomic mass is 10.0. The zero-order valence-electron chi connectivity index (χ0n) is 17.3. The highest BCUT2D eigenvalue weighted by molar-refractivity contribution is 5.91. The summed E-state index contributed by atoms with van der Waals surface area (Å²) in [6.45, 7) is 4.39. The van der Waals surface area contributed by atoms with Crippen molar-refractivity contribution >= 4 is 11.7 Å². The van der Waals surface area contributed by atoms with E-state index in [1.54, 1.807) is 21.7 Å². The Hall–Kier alpha value is -3.62. The molecule has 9 heteroatoms. The molecule has 5 rings (SSSR count). The Morgan fingerprint density at radius 2 is 2.06 bits per heavy atom. The molecule has 1 N–H and O–H groups in total. The lowest BCUT2D eigenvalue weighted by molar-refractivity contribution is 0.0588. The van der Waals surface area contributed by atoms with Gasteiger partial charge in [0.15, 0.2) is 0 Å². The monoisotopic (exact) mass is 419 g/mol. The largest absolute Gasteiger partial charge is 0.340 e. The van der Waals surface area contributed by atoms with E-state index in [0.717, 1.165) is 30.7 Å². The van der Waals surface area contributed by atoms with Crippen molar-refractivity contribution in [3.05, 3.63) is 65.4 Å². The van der Waals surface area contributed by atoms with Gasteiger partial charge in [-0.3, -0.25) is 4.79 Å². The maximum Gasteiger partial charge on any atom is 0.294 e. The standard InChI is InChI=1S/C22H22FN7O/c1-13-10-14(2)30-22(25-13)27-20(28-30)21(31)29-9-4-3-8-18(29)19-24-12-17(26-19)15-6-5-7-16(23)11-15/h5-7,10-12,18H,3-4,8-9H2,1-2H3,(H,24,26). The number of hydrogen-bond donors (Lipinski definition) is 1. The molecule has 1 aliphatic rings. The number of piperidine rings is 1. The van der Waals surface area contributed by atoms with E-state index in [0.29, 0.717) is 29.4 Å². The Balaban J connectivity index is 1.46. The van der Waals surface area contributed by atoms with Gasteiger partial charge in [-0.2, -0.15) is 4.98 Å². The first-order chi connectivity index (χ1) is 15.0. The predicted octanol–water partition coefficient (Wildman–Crippen LogP) is 3.64. The Morgan fingerprint density at radius 1 is 1.19 bits per heavy atom. The Morgan fingerprint density at radius 3 is 2.90 bits per heavy atom. The first-order valence-electron chi connectivity index (χ1n) is 10.3. The number of aromatic amines is 1. The van der Waals surface area contributed by atoms with Crippen LogP contribution in [0.2, 0.25) is 0 Å². The summed E-state index contributed by atoms with van der Waals surface area (Å²) in [7, 11) is 0.